The Kier molecular flexibility index (Phi) is 6.76. The largest absolute Gasteiger partial charge is 0.355 e. The highest BCUT2D eigenvalue weighted by molar-refractivity contribution is 5.82. The molecule has 0 rings (SSSR count). The topological polar surface area (TPSA) is 55.1 Å². The maximum Gasteiger partial charge on any atom is 0.227 e. The summed E-state index contributed by atoms with van der Waals surface area (Å²) in [6, 6.07) is 0. The van der Waals surface area contributed by atoms with Gasteiger partial charge >= 0.3 is 0 Å². The Morgan fingerprint density at radius 3 is 2.00 bits per heavy atom. The molecule has 0 aliphatic rings. The molecule has 0 bridgehead atoms. The fraction of sp³-hybridized carbons (Fsp3) is 0.929. The van der Waals surface area contributed by atoms with Crippen LogP contribution in [0, 0.1) is 23.2 Å². The van der Waals surface area contributed by atoms with Crippen molar-refractivity contribution < 1.29 is 4.79 Å². The third-order valence-corrected chi connectivity index (χ3v) is 3.99. The van der Waals surface area contributed by atoms with Crippen molar-refractivity contribution in [3.63, 3.8) is 0 Å². The Hall–Kier alpha value is -0.570. The first-order chi connectivity index (χ1) is 7.78. The monoisotopic (exact) mass is 242 g/mol. The van der Waals surface area contributed by atoms with Crippen molar-refractivity contribution in [2.24, 2.45) is 28.9 Å². The standard InChI is InChI=1S/C14H30N2O/c1-7-14(6,9-15)13(17)16-8-12(10(2)3)11(4)5/h10-12H,7-9,15H2,1-6H3,(H,16,17). The fourth-order valence-electron chi connectivity index (χ4n) is 2.06. The van der Waals surface area contributed by atoms with Crippen LogP contribution in [0.15, 0.2) is 0 Å². The summed E-state index contributed by atoms with van der Waals surface area (Å²) in [4.78, 5) is 12.1. The number of rotatable bonds is 7. The minimum atomic E-state index is -0.418. The molecule has 0 radical (unpaired) electrons. The summed E-state index contributed by atoms with van der Waals surface area (Å²) in [6.07, 6.45) is 0.781. The van der Waals surface area contributed by atoms with E-state index < -0.39 is 5.41 Å². The third kappa shape index (κ3) is 4.66. The second-order valence-corrected chi connectivity index (χ2v) is 5.98. The second-order valence-electron chi connectivity index (χ2n) is 5.98. The van der Waals surface area contributed by atoms with E-state index in [1.807, 2.05) is 13.8 Å². The van der Waals surface area contributed by atoms with E-state index in [2.05, 4.69) is 33.0 Å². The van der Waals surface area contributed by atoms with Crippen LogP contribution in [0.25, 0.3) is 0 Å². The van der Waals surface area contributed by atoms with Crippen LogP contribution in [-0.2, 0) is 4.79 Å². The predicted octanol–water partition coefficient (Wildman–Crippen LogP) is 2.41. The summed E-state index contributed by atoms with van der Waals surface area (Å²) >= 11 is 0. The van der Waals surface area contributed by atoms with Gasteiger partial charge in [-0.05, 0) is 31.1 Å². The highest BCUT2D eigenvalue weighted by atomic mass is 16.2. The average Bonchev–Trinajstić information content (AvgIpc) is 2.26. The molecule has 3 nitrogen and oxygen atoms in total. The second kappa shape index (κ2) is 7.00. The first-order valence-corrected chi connectivity index (χ1v) is 6.76. The molecule has 0 aromatic rings. The Morgan fingerprint density at radius 1 is 1.24 bits per heavy atom. The third-order valence-electron chi connectivity index (χ3n) is 3.99. The highest BCUT2D eigenvalue weighted by Crippen LogP contribution is 2.22. The summed E-state index contributed by atoms with van der Waals surface area (Å²) in [5.74, 6) is 1.79. The molecule has 3 heteroatoms. The Morgan fingerprint density at radius 2 is 1.71 bits per heavy atom. The zero-order valence-electron chi connectivity index (χ0n) is 12.3. The van der Waals surface area contributed by atoms with Crippen molar-refractivity contribution in [1.82, 2.24) is 5.32 Å². The van der Waals surface area contributed by atoms with E-state index in [1.165, 1.54) is 0 Å². The van der Waals surface area contributed by atoms with Gasteiger partial charge in [0.25, 0.3) is 0 Å². The predicted molar refractivity (Wildman–Crippen MR) is 73.6 cm³/mol. The molecule has 0 aromatic carbocycles. The van der Waals surface area contributed by atoms with Crippen LogP contribution in [-0.4, -0.2) is 19.0 Å². The molecule has 1 amide bonds. The quantitative estimate of drug-likeness (QED) is 0.720. The van der Waals surface area contributed by atoms with Gasteiger partial charge in [0.2, 0.25) is 5.91 Å². The van der Waals surface area contributed by atoms with Gasteiger partial charge in [0.1, 0.15) is 0 Å². The SMILES string of the molecule is CCC(C)(CN)C(=O)NCC(C(C)C)C(C)C. The van der Waals surface area contributed by atoms with Crippen LogP contribution in [0.4, 0.5) is 0 Å². The molecule has 0 aliphatic heterocycles. The molecular formula is C14H30N2O. The maximum atomic E-state index is 12.1. The van der Waals surface area contributed by atoms with Crippen molar-refractivity contribution >= 4 is 5.91 Å². The summed E-state index contributed by atoms with van der Waals surface area (Å²) in [6.45, 7) is 13.9. The van der Waals surface area contributed by atoms with Crippen molar-refractivity contribution in [2.45, 2.75) is 48.0 Å². The van der Waals surface area contributed by atoms with Crippen LogP contribution in [0.5, 0.6) is 0 Å². The Bertz CT molecular complexity index is 224. The van der Waals surface area contributed by atoms with E-state index in [0.717, 1.165) is 13.0 Å². The molecule has 0 aromatic heterocycles. The average molecular weight is 242 g/mol. The van der Waals surface area contributed by atoms with Gasteiger partial charge in [-0.1, -0.05) is 34.6 Å². The van der Waals surface area contributed by atoms with Gasteiger partial charge in [-0.25, -0.2) is 0 Å². The van der Waals surface area contributed by atoms with Gasteiger partial charge < -0.3 is 11.1 Å². The maximum absolute atomic E-state index is 12.1. The van der Waals surface area contributed by atoms with Crippen molar-refractivity contribution in [3.8, 4) is 0 Å². The van der Waals surface area contributed by atoms with E-state index in [0.29, 0.717) is 24.3 Å². The molecule has 0 heterocycles. The molecule has 1 atom stereocenters. The van der Waals surface area contributed by atoms with Gasteiger partial charge in [-0.3, -0.25) is 4.79 Å². The molecule has 0 saturated heterocycles. The lowest BCUT2D eigenvalue weighted by Crippen LogP contribution is -2.46. The number of nitrogens with one attached hydrogen (secondary N) is 1. The van der Waals surface area contributed by atoms with E-state index in [-0.39, 0.29) is 5.91 Å². The minimum Gasteiger partial charge on any atom is -0.355 e. The molecule has 102 valence electrons. The van der Waals surface area contributed by atoms with Crippen LogP contribution >= 0.6 is 0 Å². The molecule has 1 unspecified atom stereocenters. The lowest BCUT2D eigenvalue weighted by atomic mass is 9.84. The van der Waals surface area contributed by atoms with Crippen molar-refractivity contribution in [3.05, 3.63) is 0 Å². The lowest BCUT2D eigenvalue weighted by molar-refractivity contribution is -0.130. The molecule has 0 aliphatic carbocycles. The summed E-state index contributed by atoms with van der Waals surface area (Å²) in [5, 5.41) is 3.07. The number of hydrogen-bond acceptors (Lipinski definition) is 2. The number of carbonyl (C=O) groups excluding carboxylic acids is 1. The number of hydrogen-bond donors (Lipinski definition) is 2. The van der Waals surface area contributed by atoms with Crippen LogP contribution < -0.4 is 11.1 Å². The Labute approximate surface area is 107 Å². The molecule has 0 saturated carbocycles. The zero-order chi connectivity index (χ0) is 13.6. The van der Waals surface area contributed by atoms with Crippen LogP contribution in [0.1, 0.15) is 48.0 Å². The smallest absolute Gasteiger partial charge is 0.227 e. The van der Waals surface area contributed by atoms with Gasteiger partial charge in [-0.15, -0.1) is 0 Å². The van der Waals surface area contributed by atoms with Gasteiger partial charge in [0.15, 0.2) is 0 Å². The van der Waals surface area contributed by atoms with Gasteiger partial charge in [-0.2, -0.15) is 0 Å². The van der Waals surface area contributed by atoms with Gasteiger partial charge in [0, 0.05) is 13.1 Å². The fourth-order valence-corrected chi connectivity index (χ4v) is 2.06. The number of nitrogens with two attached hydrogens (primary N) is 1. The van der Waals surface area contributed by atoms with E-state index in [9.17, 15) is 4.79 Å². The van der Waals surface area contributed by atoms with Crippen molar-refractivity contribution in [2.75, 3.05) is 13.1 Å². The summed E-state index contributed by atoms with van der Waals surface area (Å²) < 4.78 is 0. The molecule has 3 N–H and O–H groups in total. The van der Waals surface area contributed by atoms with Gasteiger partial charge in [0.05, 0.1) is 5.41 Å². The molecule has 0 fully saturated rings. The molecule has 17 heavy (non-hydrogen) atoms. The van der Waals surface area contributed by atoms with E-state index in [1.54, 1.807) is 0 Å². The van der Waals surface area contributed by atoms with E-state index in [4.69, 9.17) is 5.73 Å². The lowest BCUT2D eigenvalue weighted by Gasteiger charge is -2.29. The van der Waals surface area contributed by atoms with Crippen molar-refractivity contribution in [1.29, 1.82) is 0 Å². The van der Waals surface area contributed by atoms with E-state index >= 15 is 0 Å². The number of carbonyl (C=O) groups is 1. The first kappa shape index (κ1) is 16.4. The van der Waals surface area contributed by atoms with Crippen LogP contribution in [0.2, 0.25) is 0 Å². The normalized spacial score (nSPS) is 15.4. The summed E-state index contributed by atoms with van der Waals surface area (Å²) in [5.41, 5.74) is 5.27. The molecule has 0 spiro atoms. The number of amides is 1. The van der Waals surface area contributed by atoms with Crippen LogP contribution in [0.3, 0.4) is 0 Å². The highest BCUT2D eigenvalue weighted by Gasteiger charge is 2.30. The zero-order valence-corrected chi connectivity index (χ0v) is 12.3. The summed E-state index contributed by atoms with van der Waals surface area (Å²) in [7, 11) is 0. The minimum absolute atomic E-state index is 0.0915. The molecular weight excluding hydrogens is 212 g/mol. The first-order valence-electron chi connectivity index (χ1n) is 6.76. The Balaban J connectivity index is 4.40.